The third-order valence-corrected chi connectivity index (χ3v) is 4.28. The number of rotatable bonds is 8. The Kier molecular flexibility index (Phi) is 7.96. The lowest BCUT2D eigenvalue weighted by Gasteiger charge is -2.32. The lowest BCUT2D eigenvalue weighted by atomic mass is 10.1. The van der Waals surface area contributed by atoms with Crippen molar-refractivity contribution in [2.75, 3.05) is 47.1 Å². The van der Waals surface area contributed by atoms with Crippen molar-refractivity contribution < 1.29 is 19.0 Å². The van der Waals surface area contributed by atoms with Gasteiger partial charge in [-0.25, -0.2) is 0 Å². The quantitative estimate of drug-likeness (QED) is 0.760. The van der Waals surface area contributed by atoms with Crippen LogP contribution in [0.1, 0.15) is 23.7 Å². The minimum atomic E-state index is -0.168. The Labute approximate surface area is 154 Å². The Morgan fingerprint density at radius 1 is 1.44 bits per heavy atom. The van der Waals surface area contributed by atoms with E-state index in [1.165, 1.54) is 0 Å². The first-order chi connectivity index (χ1) is 12.0. The second kappa shape index (κ2) is 9.97. The van der Waals surface area contributed by atoms with Crippen molar-refractivity contribution in [1.29, 1.82) is 0 Å². The van der Waals surface area contributed by atoms with Crippen molar-refractivity contribution in [1.82, 2.24) is 10.2 Å². The van der Waals surface area contributed by atoms with Crippen LogP contribution in [0, 0.1) is 0 Å². The van der Waals surface area contributed by atoms with Gasteiger partial charge in [-0.2, -0.15) is 0 Å². The van der Waals surface area contributed by atoms with E-state index in [0.717, 1.165) is 13.0 Å². The minimum Gasteiger partial charge on any atom is -0.492 e. The van der Waals surface area contributed by atoms with Gasteiger partial charge in [0, 0.05) is 18.7 Å². The van der Waals surface area contributed by atoms with Gasteiger partial charge in [0.15, 0.2) is 0 Å². The molecule has 1 aliphatic heterocycles. The molecule has 0 bridgehead atoms. The summed E-state index contributed by atoms with van der Waals surface area (Å²) in [5.41, 5.74) is 0.506. The predicted molar refractivity (Wildman–Crippen MR) is 97.6 cm³/mol. The highest BCUT2D eigenvalue weighted by molar-refractivity contribution is 6.32. The topological polar surface area (TPSA) is 60.0 Å². The van der Waals surface area contributed by atoms with Crippen molar-refractivity contribution in [3.8, 4) is 5.75 Å². The van der Waals surface area contributed by atoms with Crippen LogP contribution in [0.15, 0.2) is 18.2 Å². The standard InChI is InChI=1S/C18H27ClN2O4/c1-4-24-16-6-5-13(11-14(16)19)18(22)20-15-7-9-23-12-17(15)25-10-8-21(2)3/h5-6,11,15,17H,4,7-10,12H2,1-3H3,(H,20,22)/t15-,17-/m1/s1. The number of hydrogen-bond donors (Lipinski definition) is 1. The molecular weight excluding hydrogens is 344 g/mol. The number of ether oxygens (including phenoxy) is 3. The molecule has 0 spiro atoms. The molecule has 1 N–H and O–H groups in total. The highest BCUT2D eigenvalue weighted by Crippen LogP contribution is 2.25. The summed E-state index contributed by atoms with van der Waals surface area (Å²) in [6.07, 6.45) is 0.583. The maximum atomic E-state index is 12.5. The molecule has 1 saturated heterocycles. The van der Waals surface area contributed by atoms with Gasteiger partial charge in [-0.15, -0.1) is 0 Å². The summed E-state index contributed by atoms with van der Waals surface area (Å²) in [7, 11) is 3.99. The van der Waals surface area contributed by atoms with Crippen molar-refractivity contribution in [3.05, 3.63) is 28.8 Å². The largest absolute Gasteiger partial charge is 0.492 e. The van der Waals surface area contributed by atoms with Crippen molar-refractivity contribution >= 4 is 17.5 Å². The van der Waals surface area contributed by atoms with E-state index in [1.807, 2.05) is 21.0 Å². The zero-order valence-electron chi connectivity index (χ0n) is 15.1. The van der Waals surface area contributed by atoms with Crippen molar-refractivity contribution in [3.63, 3.8) is 0 Å². The number of hydrogen-bond acceptors (Lipinski definition) is 5. The van der Waals surface area contributed by atoms with Gasteiger partial charge in [-0.05, 0) is 45.6 Å². The number of carbonyl (C=O) groups is 1. The molecule has 0 radical (unpaired) electrons. The average Bonchev–Trinajstić information content (AvgIpc) is 2.58. The maximum absolute atomic E-state index is 12.5. The highest BCUT2D eigenvalue weighted by atomic mass is 35.5. The fourth-order valence-electron chi connectivity index (χ4n) is 2.59. The van der Waals surface area contributed by atoms with E-state index < -0.39 is 0 Å². The van der Waals surface area contributed by atoms with Crippen LogP contribution in [0.25, 0.3) is 0 Å². The van der Waals surface area contributed by atoms with E-state index in [1.54, 1.807) is 18.2 Å². The second-order valence-corrected chi connectivity index (χ2v) is 6.64. The molecule has 1 fully saturated rings. The van der Waals surface area contributed by atoms with E-state index >= 15 is 0 Å². The van der Waals surface area contributed by atoms with Gasteiger partial charge in [-0.3, -0.25) is 4.79 Å². The van der Waals surface area contributed by atoms with Crippen LogP contribution in [0.2, 0.25) is 5.02 Å². The number of nitrogens with one attached hydrogen (secondary N) is 1. The smallest absolute Gasteiger partial charge is 0.251 e. The van der Waals surface area contributed by atoms with Crippen molar-refractivity contribution in [2.45, 2.75) is 25.5 Å². The van der Waals surface area contributed by atoms with Gasteiger partial charge in [-0.1, -0.05) is 11.6 Å². The zero-order valence-corrected chi connectivity index (χ0v) is 15.8. The first-order valence-electron chi connectivity index (χ1n) is 8.58. The molecule has 1 aromatic carbocycles. The van der Waals surface area contributed by atoms with E-state index in [-0.39, 0.29) is 18.1 Å². The molecule has 0 saturated carbocycles. The molecule has 140 valence electrons. The van der Waals surface area contributed by atoms with Gasteiger partial charge < -0.3 is 24.4 Å². The first-order valence-corrected chi connectivity index (χ1v) is 8.96. The third-order valence-electron chi connectivity index (χ3n) is 3.98. The van der Waals surface area contributed by atoms with Crippen LogP contribution in [0.5, 0.6) is 5.75 Å². The number of carbonyl (C=O) groups excluding carboxylic acids is 1. The van der Waals surface area contributed by atoms with Crippen LogP contribution in [0.3, 0.4) is 0 Å². The molecule has 0 aromatic heterocycles. The van der Waals surface area contributed by atoms with Gasteiger partial charge >= 0.3 is 0 Å². The summed E-state index contributed by atoms with van der Waals surface area (Å²) in [5.74, 6) is 0.412. The molecule has 25 heavy (non-hydrogen) atoms. The minimum absolute atomic E-state index is 0.0752. The van der Waals surface area contributed by atoms with Gasteiger partial charge in [0.05, 0.1) is 30.9 Å². The van der Waals surface area contributed by atoms with Crippen LogP contribution < -0.4 is 10.1 Å². The SMILES string of the molecule is CCOc1ccc(C(=O)N[C@@H]2CCOC[C@H]2OCCN(C)C)cc1Cl. The Bertz CT molecular complexity index is 568. The second-order valence-electron chi connectivity index (χ2n) is 6.23. The number of likely N-dealkylation sites (N-methyl/N-ethyl adjacent to an activating group) is 1. The molecule has 0 aliphatic carbocycles. The molecule has 1 amide bonds. The molecule has 1 heterocycles. The summed E-state index contributed by atoms with van der Waals surface area (Å²) in [4.78, 5) is 14.6. The summed E-state index contributed by atoms with van der Waals surface area (Å²) in [6.45, 7) is 4.94. The summed E-state index contributed by atoms with van der Waals surface area (Å²) >= 11 is 6.17. The Morgan fingerprint density at radius 2 is 2.24 bits per heavy atom. The summed E-state index contributed by atoms with van der Waals surface area (Å²) < 4.78 is 16.8. The van der Waals surface area contributed by atoms with E-state index in [9.17, 15) is 4.79 Å². The van der Waals surface area contributed by atoms with E-state index in [4.69, 9.17) is 25.8 Å². The van der Waals surface area contributed by atoms with E-state index in [0.29, 0.717) is 42.8 Å². The number of benzene rings is 1. The third kappa shape index (κ3) is 6.15. The fraction of sp³-hybridized carbons (Fsp3) is 0.611. The van der Waals surface area contributed by atoms with Gasteiger partial charge in [0.2, 0.25) is 0 Å². The molecular formula is C18H27ClN2O4. The number of amides is 1. The number of halogens is 1. The molecule has 0 unspecified atom stereocenters. The van der Waals surface area contributed by atoms with Crippen LogP contribution in [-0.4, -0.2) is 70.0 Å². The molecule has 1 aliphatic rings. The molecule has 2 atom stereocenters. The zero-order chi connectivity index (χ0) is 18.2. The monoisotopic (exact) mass is 370 g/mol. The molecule has 7 heteroatoms. The maximum Gasteiger partial charge on any atom is 0.251 e. The van der Waals surface area contributed by atoms with Gasteiger partial charge in [0.1, 0.15) is 11.9 Å². The normalized spacial score (nSPS) is 20.5. The Balaban J connectivity index is 1.95. The molecule has 6 nitrogen and oxygen atoms in total. The Hall–Kier alpha value is -1.34. The van der Waals surface area contributed by atoms with Gasteiger partial charge in [0.25, 0.3) is 5.91 Å². The van der Waals surface area contributed by atoms with Crippen LogP contribution in [0.4, 0.5) is 0 Å². The van der Waals surface area contributed by atoms with E-state index in [2.05, 4.69) is 10.2 Å². The Morgan fingerprint density at radius 3 is 2.92 bits per heavy atom. The van der Waals surface area contributed by atoms with Crippen LogP contribution in [-0.2, 0) is 9.47 Å². The fourth-order valence-corrected chi connectivity index (χ4v) is 2.83. The van der Waals surface area contributed by atoms with Crippen LogP contribution >= 0.6 is 11.6 Å². The summed E-state index contributed by atoms with van der Waals surface area (Å²) in [5, 5.41) is 3.48. The lowest BCUT2D eigenvalue weighted by Crippen LogP contribution is -2.50. The molecule has 2 rings (SSSR count). The highest BCUT2D eigenvalue weighted by Gasteiger charge is 2.28. The average molecular weight is 371 g/mol. The lowest BCUT2D eigenvalue weighted by molar-refractivity contribution is -0.0690. The predicted octanol–water partition coefficient (Wildman–Crippen LogP) is 2.20. The number of nitrogens with zero attached hydrogens (tertiary/aromatic N) is 1. The van der Waals surface area contributed by atoms with Crippen molar-refractivity contribution in [2.24, 2.45) is 0 Å². The first kappa shape index (κ1) is 20.0. The molecule has 1 aromatic rings. The summed E-state index contributed by atoms with van der Waals surface area (Å²) in [6, 6.07) is 4.99.